The van der Waals surface area contributed by atoms with Crippen molar-refractivity contribution < 1.29 is 4.79 Å². The highest BCUT2D eigenvalue weighted by molar-refractivity contribution is 5.91. The molecule has 0 N–H and O–H groups in total. The van der Waals surface area contributed by atoms with Gasteiger partial charge in [0.25, 0.3) is 0 Å². The minimum Gasteiger partial charge on any atom is -0.303 e. The third kappa shape index (κ3) is 4.17. The summed E-state index contributed by atoms with van der Waals surface area (Å²) in [5.74, 6) is 0.963. The fourth-order valence-corrected chi connectivity index (χ4v) is 5.48. The Hall–Kier alpha value is -1.97. The van der Waals surface area contributed by atoms with Crippen LogP contribution in [0.4, 0.5) is 0 Å². The molecule has 0 saturated carbocycles. The minimum atomic E-state index is -0.682. The number of hydrogen-bond acceptors (Lipinski definition) is 3. The Balaban J connectivity index is 1.59. The molecule has 3 heteroatoms. The van der Waals surface area contributed by atoms with E-state index in [0.717, 1.165) is 30.1 Å². The van der Waals surface area contributed by atoms with Gasteiger partial charge in [0.15, 0.2) is 5.78 Å². The third-order valence-corrected chi connectivity index (χ3v) is 6.95. The van der Waals surface area contributed by atoms with Crippen molar-refractivity contribution in [1.82, 2.24) is 9.80 Å². The fraction of sp³-hybridized carbons (Fsp3) is 0.500. The van der Waals surface area contributed by atoms with Gasteiger partial charge in [0.1, 0.15) is 5.54 Å². The zero-order valence-electron chi connectivity index (χ0n) is 17.7. The van der Waals surface area contributed by atoms with Crippen molar-refractivity contribution in [1.29, 1.82) is 0 Å². The summed E-state index contributed by atoms with van der Waals surface area (Å²) in [5, 5.41) is 0. The Morgan fingerprint density at radius 2 is 1.34 bits per heavy atom. The van der Waals surface area contributed by atoms with Crippen LogP contribution in [-0.4, -0.2) is 48.3 Å². The monoisotopic (exact) mass is 390 g/mol. The largest absolute Gasteiger partial charge is 0.303 e. The number of carbonyl (C=O) groups is 1. The first kappa shape index (κ1) is 20.3. The number of piperidine rings is 2. The highest BCUT2D eigenvalue weighted by Crippen LogP contribution is 2.39. The Kier molecular flexibility index (Phi) is 6.46. The molecule has 2 saturated heterocycles. The molecule has 0 atom stereocenters. The normalized spacial score (nSPS) is 19.9. The first-order chi connectivity index (χ1) is 14.2. The van der Waals surface area contributed by atoms with Crippen LogP contribution in [-0.2, 0) is 10.3 Å². The van der Waals surface area contributed by atoms with Crippen molar-refractivity contribution in [2.75, 3.05) is 32.7 Å². The summed E-state index contributed by atoms with van der Waals surface area (Å²) < 4.78 is 0. The summed E-state index contributed by atoms with van der Waals surface area (Å²) in [5.41, 5.74) is 1.50. The van der Waals surface area contributed by atoms with Crippen molar-refractivity contribution in [3.8, 4) is 0 Å². The molecule has 2 heterocycles. The fourth-order valence-electron chi connectivity index (χ4n) is 5.48. The summed E-state index contributed by atoms with van der Waals surface area (Å²) >= 11 is 0. The number of Topliss-reactive ketones (excluding diaryl/α,β-unsaturated/α-hetero) is 1. The molecule has 0 aliphatic carbocycles. The van der Waals surface area contributed by atoms with E-state index >= 15 is 0 Å². The maximum Gasteiger partial charge on any atom is 0.159 e. The first-order valence-electron chi connectivity index (χ1n) is 11.3. The zero-order chi connectivity index (χ0) is 20.1. The van der Waals surface area contributed by atoms with Gasteiger partial charge in [-0.25, -0.2) is 0 Å². The van der Waals surface area contributed by atoms with Gasteiger partial charge < -0.3 is 4.90 Å². The van der Waals surface area contributed by atoms with Gasteiger partial charge in [-0.3, -0.25) is 9.69 Å². The minimum absolute atomic E-state index is 0.212. The second-order valence-electron chi connectivity index (χ2n) is 8.79. The molecule has 0 amide bonds. The van der Waals surface area contributed by atoms with Crippen molar-refractivity contribution in [3.05, 3.63) is 71.8 Å². The maximum atomic E-state index is 13.3. The molecule has 3 nitrogen and oxygen atoms in total. The lowest BCUT2D eigenvalue weighted by molar-refractivity contribution is -0.128. The summed E-state index contributed by atoms with van der Waals surface area (Å²) in [6, 6.07) is 20.8. The number of nitrogens with zero attached hydrogens (tertiary/aromatic N) is 2. The number of carbonyl (C=O) groups excluding carboxylic acids is 1. The predicted molar refractivity (Wildman–Crippen MR) is 119 cm³/mol. The number of ketones is 1. The molecular weight excluding hydrogens is 356 g/mol. The van der Waals surface area contributed by atoms with Gasteiger partial charge in [-0.1, -0.05) is 67.1 Å². The Morgan fingerprint density at radius 3 is 1.83 bits per heavy atom. The Bertz CT molecular complexity index is 735. The summed E-state index contributed by atoms with van der Waals surface area (Å²) in [7, 11) is 0. The van der Waals surface area contributed by atoms with Gasteiger partial charge in [0.2, 0.25) is 0 Å². The highest BCUT2D eigenvalue weighted by Gasteiger charge is 2.45. The topological polar surface area (TPSA) is 23.6 Å². The average molecular weight is 391 g/mol. The van der Waals surface area contributed by atoms with E-state index in [1.54, 1.807) is 6.92 Å². The average Bonchev–Trinajstić information content (AvgIpc) is 2.77. The quantitative estimate of drug-likeness (QED) is 0.713. The molecule has 2 aliphatic heterocycles. The van der Waals surface area contributed by atoms with Gasteiger partial charge in [-0.15, -0.1) is 0 Å². The smallest absolute Gasteiger partial charge is 0.159 e. The second kappa shape index (κ2) is 9.23. The molecule has 4 rings (SSSR count). The molecule has 0 spiro atoms. The van der Waals surface area contributed by atoms with Crippen LogP contribution in [0.2, 0.25) is 0 Å². The lowest BCUT2D eigenvalue weighted by Crippen LogP contribution is -2.55. The number of rotatable bonds is 6. The molecule has 0 unspecified atom stereocenters. The van der Waals surface area contributed by atoms with Gasteiger partial charge in [-0.2, -0.15) is 0 Å². The van der Waals surface area contributed by atoms with E-state index in [2.05, 4.69) is 58.3 Å². The predicted octanol–water partition coefficient (Wildman–Crippen LogP) is 4.72. The van der Waals surface area contributed by atoms with Crippen LogP contribution in [0.15, 0.2) is 60.7 Å². The van der Waals surface area contributed by atoms with E-state index < -0.39 is 5.54 Å². The van der Waals surface area contributed by atoms with Gasteiger partial charge in [0.05, 0.1) is 0 Å². The van der Waals surface area contributed by atoms with Crippen LogP contribution in [0.1, 0.15) is 50.2 Å². The van der Waals surface area contributed by atoms with E-state index in [9.17, 15) is 4.79 Å². The SMILES string of the molecule is CC(=O)C(c1ccccc1)(c1ccccc1)N1CCC(CN2CCCCC2)CC1. The molecule has 0 aromatic heterocycles. The number of likely N-dealkylation sites (tertiary alicyclic amines) is 2. The van der Waals surface area contributed by atoms with Crippen molar-refractivity contribution in [2.24, 2.45) is 5.92 Å². The van der Waals surface area contributed by atoms with Crippen LogP contribution in [0.5, 0.6) is 0 Å². The molecule has 0 radical (unpaired) electrons. The lowest BCUT2D eigenvalue weighted by Gasteiger charge is -2.47. The Morgan fingerprint density at radius 1 is 0.828 bits per heavy atom. The number of benzene rings is 2. The standard InChI is InChI=1S/C26H34N2O/c1-22(29)26(24-11-5-2-6-12-24,25-13-7-3-8-14-25)28-19-15-23(16-20-28)21-27-17-9-4-10-18-27/h2-3,5-8,11-14,23H,4,9-10,15-21H2,1H3. The summed E-state index contributed by atoms with van der Waals surface area (Å²) in [4.78, 5) is 18.4. The van der Waals surface area contributed by atoms with Gasteiger partial charge in [0, 0.05) is 19.6 Å². The molecule has 154 valence electrons. The summed E-state index contributed by atoms with van der Waals surface area (Å²) in [6.07, 6.45) is 6.45. The van der Waals surface area contributed by atoms with Crippen LogP contribution < -0.4 is 0 Å². The molecular formula is C26H34N2O. The van der Waals surface area contributed by atoms with Crippen molar-refractivity contribution in [3.63, 3.8) is 0 Å². The van der Waals surface area contributed by atoms with Crippen LogP contribution in [0.25, 0.3) is 0 Å². The van der Waals surface area contributed by atoms with E-state index in [4.69, 9.17) is 0 Å². The van der Waals surface area contributed by atoms with E-state index in [1.165, 1.54) is 51.7 Å². The number of hydrogen-bond donors (Lipinski definition) is 0. The Labute approximate surface area is 175 Å². The van der Waals surface area contributed by atoms with Crippen LogP contribution in [0, 0.1) is 5.92 Å². The third-order valence-electron chi connectivity index (χ3n) is 6.95. The molecule has 29 heavy (non-hydrogen) atoms. The lowest BCUT2D eigenvalue weighted by atomic mass is 9.76. The molecule has 2 aliphatic rings. The molecule has 2 fully saturated rings. The van der Waals surface area contributed by atoms with Crippen molar-refractivity contribution in [2.45, 2.75) is 44.6 Å². The van der Waals surface area contributed by atoms with Crippen molar-refractivity contribution >= 4 is 5.78 Å². The summed E-state index contributed by atoms with van der Waals surface area (Å²) in [6.45, 7) is 7.48. The molecule has 2 aromatic rings. The second-order valence-corrected chi connectivity index (χ2v) is 8.79. The highest BCUT2D eigenvalue weighted by atomic mass is 16.1. The molecule has 0 bridgehead atoms. The van der Waals surface area contributed by atoms with Gasteiger partial charge >= 0.3 is 0 Å². The van der Waals surface area contributed by atoms with Gasteiger partial charge in [-0.05, 0) is 62.7 Å². The first-order valence-corrected chi connectivity index (χ1v) is 11.3. The van der Waals surface area contributed by atoms with Crippen LogP contribution >= 0.6 is 0 Å². The van der Waals surface area contributed by atoms with E-state index in [-0.39, 0.29) is 5.78 Å². The maximum absolute atomic E-state index is 13.3. The van der Waals surface area contributed by atoms with E-state index in [1.807, 2.05) is 12.1 Å². The molecule has 2 aromatic carbocycles. The zero-order valence-corrected chi connectivity index (χ0v) is 17.7. The van der Waals surface area contributed by atoms with Crippen LogP contribution in [0.3, 0.4) is 0 Å². The van der Waals surface area contributed by atoms with E-state index in [0.29, 0.717) is 0 Å².